The predicted molar refractivity (Wildman–Crippen MR) is 199 cm³/mol. The highest BCUT2D eigenvalue weighted by Crippen LogP contribution is 2.55. The topological polar surface area (TPSA) is 24.1 Å². The zero-order chi connectivity index (χ0) is 33.9. The van der Waals surface area contributed by atoms with E-state index in [0.29, 0.717) is 0 Å². The molecule has 0 saturated carbocycles. The van der Waals surface area contributed by atoms with Gasteiger partial charge in [0, 0.05) is 16.5 Å². The first-order valence-corrected chi connectivity index (χ1v) is 17.8. The molecule has 0 atom stereocenters. The van der Waals surface area contributed by atoms with Crippen LogP contribution in [0.3, 0.4) is 0 Å². The van der Waals surface area contributed by atoms with Gasteiger partial charge in [0.1, 0.15) is 0 Å². The normalized spacial score (nSPS) is 14.4. The molecule has 0 unspecified atom stereocenters. The van der Waals surface area contributed by atoms with Gasteiger partial charge in [0.2, 0.25) is 0 Å². The summed E-state index contributed by atoms with van der Waals surface area (Å²) >= 11 is 0. The van der Waals surface area contributed by atoms with Gasteiger partial charge in [-0.1, -0.05) is 170 Å². The van der Waals surface area contributed by atoms with Gasteiger partial charge in [-0.3, -0.25) is 0 Å². The number of benzene rings is 2. The first kappa shape index (κ1) is 37.7. The molecule has 0 spiro atoms. The summed E-state index contributed by atoms with van der Waals surface area (Å²) in [5.74, 6) is 0. The van der Waals surface area contributed by atoms with Gasteiger partial charge in [0.05, 0.1) is 8.22 Å². The van der Waals surface area contributed by atoms with E-state index < -0.39 is 8.22 Å². The van der Waals surface area contributed by atoms with Gasteiger partial charge in [0.25, 0.3) is 0 Å². The summed E-state index contributed by atoms with van der Waals surface area (Å²) in [6.45, 7) is 49.5. The van der Waals surface area contributed by atoms with E-state index in [1.165, 1.54) is 44.8 Å². The van der Waals surface area contributed by atoms with E-state index in [0.717, 1.165) is 0 Å². The lowest BCUT2D eigenvalue weighted by Gasteiger charge is -2.41. The Hall–Kier alpha value is -1.53. The smallest absolute Gasteiger partial charge is 0.0953 e. The van der Waals surface area contributed by atoms with Crippen LogP contribution in [0.5, 0.6) is 0 Å². The lowest BCUT2D eigenvalue weighted by Crippen LogP contribution is -2.29. The van der Waals surface area contributed by atoms with Crippen LogP contribution in [0.4, 0.5) is 11.4 Å². The molecule has 0 aromatic heterocycles. The molecule has 0 aliphatic carbocycles. The maximum absolute atomic E-state index is 4.25. The van der Waals surface area contributed by atoms with Crippen LogP contribution in [0, 0.1) is 0 Å². The van der Waals surface area contributed by atoms with E-state index in [9.17, 15) is 0 Å². The van der Waals surface area contributed by atoms with Crippen LogP contribution in [0.2, 0.25) is 0 Å². The molecule has 2 aromatic carbocycles. The predicted octanol–water partition coefficient (Wildman–Crippen LogP) is 13.1. The van der Waals surface area contributed by atoms with E-state index in [2.05, 4.69) is 180 Å². The molecule has 0 bridgehead atoms. The van der Waals surface area contributed by atoms with Crippen molar-refractivity contribution in [3.05, 3.63) is 57.6 Å². The third-order valence-corrected chi connectivity index (χ3v) is 10.6. The Labute approximate surface area is 269 Å². The van der Waals surface area contributed by atoms with Crippen LogP contribution in [-0.4, -0.2) is 5.16 Å². The van der Waals surface area contributed by atoms with Gasteiger partial charge in [-0.2, -0.15) is 0 Å². The number of rotatable bonds is 4. The van der Waals surface area contributed by atoms with Crippen molar-refractivity contribution in [2.75, 3.05) is 10.2 Å². The van der Waals surface area contributed by atoms with Gasteiger partial charge < -0.3 is 10.2 Å². The van der Waals surface area contributed by atoms with Gasteiger partial charge in [0.15, 0.2) is 0 Å². The Kier molecular flexibility index (Phi) is 10.2. The molecule has 2 aromatic rings. The molecule has 0 aliphatic rings. The van der Waals surface area contributed by atoms with Crippen LogP contribution in [-0.2, 0) is 32.5 Å². The highest BCUT2D eigenvalue weighted by Gasteiger charge is 2.36. The van der Waals surface area contributed by atoms with E-state index in [1.807, 2.05) is 0 Å². The highest BCUT2D eigenvalue weighted by atomic mass is 31.1. The molecule has 0 aliphatic heterocycles. The van der Waals surface area contributed by atoms with Crippen molar-refractivity contribution in [2.45, 2.75) is 183 Å². The quantitative estimate of drug-likeness (QED) is 0.337. The molecule has 0 saturated heterocycles. The van der Waals surface area contributed by atoms with Gasteiger partial charge in [-0.05, 0) is 65.9 Å². The standard InChI is InChI=1S/C40H69N2P/c1-34(2,3)26-22-28(36(7,8)9)32(29(23-26)37(10,11)12)41-43(40(19,20)21)42-33-30(38(13,14)15)24-27(35(4,5)6)25-31(33)39(16,17)18/h22-25,41-42H,1-21H3. The Morgan fingerprint density at radius 3 is 0.698 bits per heavy atom. The molecule has 3 heteroatoms. The molecule has 2 nitrogen and oxygen atoms in total. The lowest BCUT2D eigenvalue weighted by molar-refractivity contribution is 0.551. The first-order valence-electron chi connectivity index (χ1n) is 16.5. The van der Waals surface area contributed by atoms with Crippen LogP contribution in [0.25, 0.3) is 0 Å². The molecule has 244 valence electrons. The highest BCUT2D eigenvalue weighted by molar-refractivity contribution is 7.62. The summed E-state index contributed by atoms with van der Waals surface area (Å²) < 4.78 is 0. The van der Waals surface area contributed by atoms with E-state index in [1.54, 1.807) is 0 Å². The summed E-state index contributed by atoms with van der Waals surface area (Å²) in [5.41, 5.74) is 11.1. The number of hydrogen-bond donors (Lipinski definition) is 2. The molecule has 43 heavy (non-hydrogen) atoms. The van der Waals surface area contributed by atoms with Crippen molar-refractivity contribution >= 4 is 19.6 Å². The molecule has 0 heterocycles. The van der Waals surface area contributed by atoms with Gasteiger partial charge >= 0.3 is 0 Å². The molecular formula is C40H69N2P. The lowest BCUT2D eigenvalue weighted by atomic mass is 9.74. The zero-order valence-corrected chi connectivity index (χ0v) is 33.2. The second-order valence-corrected chi connectivity index (χ2v) is 22.6. The first-order chi connectivity index (χ1) is 18.8. The summed E-state index contributed by atoms with van der Waals surface area (Å²) in [6.07, 6.45) is 0. The van der Waals surface area contributed by atoms with Crippen LogP contribution in [0.15, 0.2) is 24.3 Å². The number of anilines is 2. The second-order valence-electron chi connectivity index (χ2n) is 20.1. The average molecular weight is 609 g/mol. The van der Waals surface area contributed by atoms with Crippen molar-refractivity contribution in [2.24, 2.45) is 0 Å². The number of hydrogen-bond acceptors (Lipinski definition) is 2. The summed E-state index contributed by atoms with van der Waals surface area (Å²) in [6, 6.07) is 9.92. The average Bonchev–Trinajstić information content (AvgIpc) is 2.73. The molecule has 2 N–H and O–H groups in total. The van der Waals surface area contributed by atoms with Gasteiger partial charge in [-0.25, -0.2) is 0 Å². The molecule has 0 fully saturated rings. The van der Waals surface area contributed by atoms with Crippen molar-refractivity contribution in [1.29, 1.82) is 0 Å². The zero-order valence-electron chi connectivity index (χ0n) is 32.3. The summed E-state index contributed by atoms with van der Waals surface area (Å²) in [5, 5.41) is 8.50. The minimum absolute atomic E-state index is 0.00462. The van der Waals surface area contributed by atoms with E-state index in [-0.39, 0.29) is 37.6 Å². The van der Waals surface area contributed by atoms with Crippen molar-refractivity contribution in [1.82, 2.24) is 0 Å². The third kappa shape index (κ3) is 9.25. The SMILES string of the molecule is CC(C)(C)c1cc(C(C)(C)C)c(NP(Nc2c(C(C)(C)C)cc(C(C)(C)C)cc2C(C)(C)C)C(C)(C)C)c(C(C)(C)C)c1. The van der Waals surface area contributed by atoms with Crippen molar-refractivity contribution in [3.8, 4) is 0 Å². The van der Waals surface area contributed by atoms with Crippen LogP contribution in [0.1, 0.15) is 179 Å². The maximum atomic E-state index is 4.25. The molecule has 0 radical (unpaired) electrons. The Balaban J connectivity index is 2.99. The Morgan fingerprint density at radius 1 is 0.349 bits per heavy atom. The van der Waals surface area contributed by atoms with Gasteiger partial charge in [-0.15, -0.1) is 0 Å². The number of nitrogens with one attached hydrogen (secondary N) is 2. The summed E-state index contributed by atoms with van der Waals surface area (Å²) in [4.78, 5) is 0. The minimum atomic E-state index is -0.883. The molecular weight excluding hydrogens is 539 g/mol. The summed E-state index contributed by atoms with van der Waals surface area (Å²) in [7, 11) is -0.883. The Morgan fingerprint density at radius 2 is 0.558 bits per heavy atom. The van der Waals surface area contributed by atoms with E-state index >= 15 is 0 Å². The van der Waals surface area contributed by atoms with E-state index in [4.69, 9.17) is 0 Å². The Bertz CT molecular complexity index is 1120. The maximum Gasteiger partial charge on any atom is 0.0953 e. The third-order valence-electron chi connectivity index (χ3n) is 8.36. The minimum Gasteiger partial charge on any atom is -0.347 e. The molecule has 0 amide bonds. The van der Waals surface area contributed by atoms with Crippen molar-refractivity contribution in [3.63, 3.8) is 0 Å². The largest absolute Gasteiger partial charge is 0.347 e. The van der Waals surface area contributed by atoms with Crippen LogP contribution >= 0.6 is 8.22 Å². The van der Waals surface area contributed by atoms with Crippen LogP contribution < -0.4 is 10.2 Å². The molecule has 2 rings (SSSR count). The van der Waals surface area contributed by atoms with Crippen molar-refractivity contribution < 1.29 is 0 Å². The monoisotopic (exact) mass is 609 g/mol. The fourth-order valence-electron chi connectivity index (χ4n) is 5.34. The second kappa shape index (κ2) is 11.7. The fourth-order valence-corrected chi connectivity index (χ4v) is 7.00. The fraction of sp³-hybridized carbons (Fsp3) is 0.700.